The molecule has 26 heavy (non-hydrogen) atoms. The first kappa shape index (κ1) is 19.9. The van der Waals surface area contributed by atoms with Crippen molar-refractivity contribution in [2.45, 2.75) is 40.0 Å². The maximum absolute atomic E-state index is 12.6. The van der Waals surface area contributed by atoms with Crippen LogP contribution in [0.1, 0.15) is 47.7 Å². The molecule has 0 aromatic heterocycles. The van der Waals surface area contributed by atoms with E-state index in [4.69, 9.17) is 17.0 Å². The Labute approximate surface area is 161 Å². The van der Waals surface area contributed by atoms with E-state index in [9.17, 15) is 4.79 Å². The molecule has 138 valence electrons. The quantitative estimate of drug-likeness (QED) is 0.532. The van der Waals surface area contributed by atoms with Crippen molar-refractivity contribution in [1.82, 2.24) is 5.32 Å². The fraction of sp³-hybridized carbons (Fsp3) is 0.333. The predicted octanol–water partition coefficient (Wildman–Crippen LogP) is 5.00. The van der Waals surface area contributed by atoms with Gasteiger partial charge in [0, 0.05) is 5.69 Å². The van der Waals surface area contributed by atoms with Crippen LogP contribution in [0.5, 0.6) is 5.75 Å². The molecular weight excluding hydrogens is 344 g/mol. The topological polar surface area (TPSA) is 50.4 Å². The number of unbranched alkanes of at least 4 members (excludes halogenated alkanes) is 2. The molecule has 0 aliphatic heterocycles. The molecule has 1 amide bonds. The minimum absolute atomic E-state index is 0.265. The molecular formula is C21H26N2O2S. The molecule has 0 fully saturated rings. The van der Waals surface area contributed by atoms with Crippen molar-refractivity contribution in [1.29, 1.82) is 0 Å². The van der Waals surface area contributed by atoms with Crippen molar-refractivity contribution in [3.63, 3.8) is 0 Å². The van der Waals surface area contributed by atoms with Crippen molar-refractivity contribution >= 4 is 28.9 Å². The smallest absolute Gasteiger partial charge is 0.261 e. The third-order valence-corrected chi connectivity index (χ3v) is 4.05. The number of ether oxygens (including phenoxy) is 1. The Hall–Kier alpha value is -2.40. The van der Waals surface area contributed by atoms with Gasteiger partial charge < -0.3 is 10.1 Å². The predicted molar refractivity (Wildman–Crippen MR) is 111 cm³/mol. The van der Waals surface area contributed by atoms with Gasteiger partial charge in [0.2, 0.25) is 0 Å². The molecule has 0 aliphatic carbocycles. The van der Waals surface area contributed by atoms with Gasteiger partial charge in [0.05, 0.1) is 12.2 Å². The molecule has 0 atom stereocenters. The maximum atomic E-state index is 12.6. The van der Waals surface area contributed by atoms with Gasteiger partial charge in [-0.05, 0) is 67.9 Å². The largest absolute Gasteiger partial charge is 0.493 e. The first-order chi connectivity index (χ1) is 12.5. The van der Waals surface area contributed by atoms with Gasteiger partial charge in [-0.25, -0.2) is 0 Å². The number of hydrogen-bond acceptors (Lipinski definition) is 3. The molecule has 2 aromatic rings. The summed E-state index contributed by atoms with van der Waals surface area (Å²) in [5.74, 6) is 0.299. The highest BCUT2D eigenvalue weighted by Crippen LogP contribution is 2.19. The maximum Gasteiger partial charge on any atom is 0.261 e. The van der Waals surface area contributed by atoms with E-state index in [-0.39, 0.29) is 11.0 Å². The molecule has 2 rings (SSSR count). The zero-order chi connectivity index (χ0) is 18.9. The Morgan fingerprint density at radius 2 is 1.77 bits per heavy atom. The zero-order valence-electron chi connectivity index (χ0n) is 15.6. The molecule has 5 heteroatoms. The van der Waals surface area contributed by atoms with Gasteiger partial charge in [-0.2, -0.15) is 0 Å². The van der Waals surface area contributed by atoms with Gasteiger partial charge in [-0.3, -0.25) is 10.1 Å². The van der Waals surface area contributed by atoms with Gasteiger partial charge in [0.1, 0.15) is 5.75 Å². The molecule has 4 nitrogen and oxygen atoms in total. The average molecular weight is 371 g/mol. The van der Waals surface area contributed by atoms with E-state index >= 15 is 0 Å². The van der Waals surface area contributed by atoms with E-state index in [0.29, 0.717) is 17.9 Å². The van der Waals surface area contributed by atoms with Gasteiger partial charge in [0.25, 0.3) is 5.91 Å². The van der Waals surface area contributed by atoms with E-state index in [1.807, 2.05) is 38.1 Å². The molecule has 2 N–H and O–H groups in total. The van der Waals surface area contributed by atoms with E-state index in [1.165, 1.54) is 0 Å². The number of thiocarbonyl (C=S) groups is 1. The molecule has 0 aliphatic rings. The summed E-state index contributed by atoms with van der Waals surface area (Å²) in [4.78, 5) is 12.6. The lowest BCUT2D eigenvalue weighted by Crippen LogP contribution is -2.34. The molecule has 0 unspecified atom stereocenters. The minimum Gasteiger partial charge on any atom is -0.493 e. The minimum atomic E-state index is -0.280. The number of aryl methyl sites for hydroxylation is 2. The van der Waals surface area contributed by atoms with E-state index in [1.54, 1.807) is 12.1 Å². The second-order valence-corrected chi connectivity index (χ2v) is 6.74. The summed E-state index contributed by atoms with van der Waals surface area (Å²) in [5.41, 5.74) is 3.60. The Morgan fingerprint density at radius 3 is 2.46 bits per heavy atom. The van der Waals surface area contributed by atoms with E-state index in [2.05, 4.69) is 23.6 Å². The summed E-state index contributed by atoms with van der Waals surface area (Å²) >= 11 is 5.28. The lowest BCUT2D eigenvalue weighted by molar-refractivity contribution is 0.0973. The van der Waals surface area contributed by atoms with E-state index < -0.39 is 0 Å². The van der Waals surface area contributed by atoms with Crippen LogP contribution in [0.25, 0.3) is 0 Å². The van der Waals surface area contributed by atoms with Crippen LogP contribution in [0.3, 0.4) is 0 Å². The summed E-state index contributed by atoms with van der Waals surface area (Å²) in [7, 11) is 0. The molecule has 0 radical (unpaired) electrons. The molecule has 0 bridgehead atoms. The first-order valence-electron chi connectivity index (χ1n) is 8.92. The summed E-state index contributed by atoms with van der Waals surface area (Å²) < 4.78 is 5.77. The van der Waals surface area contributed by atoms with Crippen LogP contribution in [0.4, 0.5) is 5.69 Å². The number of nitrogens with one attached hydrogen (secondary N) is 2. The lowest BCUT2D eigenvalue weighted by atomic mass is 10.1. The van der Waals surface area contributed by atoms with Gasteiger partial charge >= 0.3 is 0 Å². The number of carbonyl (C=O) groups excluding carboxylic acids is 1. The molecule has 0 spiro atoms. The molecule has 0 heterocycles. The second-order valence-electron chi connectivity index (χ2n) is 6.34. The number of carbonyl (C=O) groups is 1. The molecule has 0 saturated carbocycles. The Kier molecular flexibility index (Phi) is 7.60. The molecule has 2 aromatic carbocycles. The summed E-state index contributed by atoms with van der Waals surface area (Å²) in [6, 6.07) is 13.3. The van der Waals surface area contributed by atoms with Gasteiger partial charge in [-0.15, -0.1) is 0 Å². The van der Waals surface area contributed by atoms with Crippen LogP contribution in [0.2, 0.25) is 0 Å². The Morgan fingerprint density at radius 1 is 1.08 bits per heavy atom. The third-order valence-electron chi connectivity index (χ3n) is 3.84. The summed E-state index contributed by atoms with van der Waals surface area (Å²) in [6.07, 6.45) is 3.21. The van der Waals surface area contributed by atoms with Crippen LogP contribution in [-0.4, -0.2) is 17.6 Å². The Bertz CT molecular complexity index is 754. The number of hydrogen-bond donors (Lipinski definition) is 2. The van der Waals surface area contributed by atoms with Crippen molar-refractivity contribution in [3.05, 3.63) is 59.2 Å². The van der Waals surface area contributed by atoms with Crippen LogP contribution in [0, 0.1) is 13.8 Å². The van der Waals surface area contributed by atoms with Crippen molar-refractivity contribution in [2.24, 2.45) is 0 Å². The number of para-hydroxylation sites is 1. The summed E-state index contributed by atoms with van der Waals surface area (Å²) in [6.45, 7) is 6.78. The average Bonchev–Trinajstić information content (AvgIpc) is 2.58. The molecule has 0 saturated heterocycles. The number of amides is 1. The van der Waals surface area contributed by atoms with Crippen molar-refractivity contribution in [3.8, 4) is 5.75 Å². The fourth-order valence-electron chi connectivity index (χ4n) is 2.69. The van der Waals surface area contributed by atoms with Crippen LogP contribution >= 0.6 is 12.2 Å². The number of benzene rings is 2. The Balaban J connectivity index is 1.99. The van der Waals surface area contributed by atoms with Crippen LogP contribution in [-0.2, 0) is 0 Å². The SMILES string of the molecule is CCCCCOc1ccccc1C(=O)NC(=S)Nc1cc(C)cc(C)c1. The lowest BCUT2D eigenvalue weighted by Gasteiger charge is -2.13. The van der Waals surface area contributed by atoms with Crippen molar-refractivity contribution < 1.29 is 9.53 Å². The fourth-order valence-corrected chi connectivity index (χ4v) is 2.90. The first-order valence-corrected chi connectivity index (χ1v) is 9.33. The zero-order valence-corrected chi connectivity index (χ0v) is 16.4. The number of anilines is 1. The van der Waals surface area contributed by atoms with Crippen LogP contribution in [0.15, 0.2) is 42.5 Å². The van der Waals surface area contributed by atoms with E-state index in [0.717, 1.165) is 36.1 Å². The monoisotopic (exact) mass is 370 g/mol. The highest BCUT2D eigenvalue weighted by atomic mass is 32.1. The standard InChI is InChI=1S/C21H26N2O2S/c1-4-5-8-11-25-19-10-7-6-9-18(19)20(24)23-21(26)22-17-13-15(2)12-16(3)14-17/h6-7,9-10,12-14H,4-5,8,11H2,1-3H3,(H2,22,23,24,26). The highest BCUT2D eigenvalue weighted by molar-refractivity contribution is 7.80. The van der Waals surface area contributed by atoms with Gasteiger partial charge in [0.15, 0.2) is 5.11 Å². The number of rotatable bonds is 7. The van der Waals surface area contributed by atoms with Crippen molar-refractivity contribution in [2.75, 3.05) is 11.9 Å². The normalized spacial score (nSPS) is 10.3. The highest BCUT2D eigenvalue weighted by Gasteiger charge is 2.13. The van der Waals surface area contributed by atoms with Crippen LogP contribution < -0.4 is 15.4 Å². The third kappa shape index (κ3) is 6.15. The second kappa shape index (κ2) is 9.92. The van der Waals surface area contributed by atoms with Gasteiger partial charge in [-0.1, -0.05) is 38.0 Å². The summed E-state index contributed by atoms with van der Waals surface area (Å²) in [5, 5.41) is 6.05.